The Balaban J connectivity index is 4.62. The smallest absolute Gasteiger partial charge is 0.181 e. The highest BCUT2D eigenvalue weighted by Gasteiger charge is 2.23. The van der Waals surface area contributed by atoms with Gasteiger partial charge in [0.15, 0.2) is 5.88 Å². The first-order valence-electron chi connectivity index (χ1n) is 36.2. The van der Waals surface area contributed by atoms with Gasteiger partial charge in [0.25, 0.3) is 0 Å². The van der Waals surface area contributed by atoms with Crippen molar-refractivity contribution in [2.75, 3.05) is 5.88 Å². The summed E-state index contributed by atoms with van der Waals surface area (Å²) in [5.41, 5.74) is 0. The Morgan fingerprint density at radius 2 is 0.359 bits per heavy atom. The van der Waals surface area contributed by atoms with E-state index in [2.05, 4.69) is 39.0 Å². The van der Waals surface area contributed by atoms with Crippen LogP contribution in [0.4, 0.5) is 0 Å². The Morgan fingerprint density at radius 3 is 0.487 bits per heavy atom. The molecular weight excluding hydrogens is 971 g/mol. The molecule has 0 radical (unpaired) electrons. The van der Waals surface area contributed by atoms with E-state index in [0.717, 1.165) is 38.5 Å². The third-order valence-electron chi connectivity index (χ3n) is 17.2. The van der Waals surface area contributed by atoms with Gasteiger partial charge in [0, 0.05) is 0 Å². The molecule has 0 atom stereocenters. The average Bonchev–Trinajstić information content (AvgIpc) is 3.43. The van der Waals surface area contributed by atoms with Gasteiger partial charge in [0.05, 0.1) is 0 Å². The minimum atomic E-state index is -4.45. The molecule has 0 saturated carbocycles. The maximum Gasteiger partial charge on any atom is 0.181 e. The molecule has 78 heavy (non-hydrogen) atoms. The molecule has 0 fully saturated rings. The summed E-state index contributed by atoms with van der Waals surface area (Å²) >= 11 is 0. The Morgan fingerprint density at radius 1 is 0.231 bits per heavy atom. The van der Waals surface area contributed by atoms with Crippen molar-refractivity contribution in [1.82, 2.24) is 0 Å². The lowest BCUT2D eigenvalue weighted by Gasteiger charge is -2.28. The SMILES string of the molecule is CCCCCCCCCCCCCCCCCCCCCC/C=C/[N+](/C=C/CCCCCCCCCCCCCCCCCCCCCC)(/C=C/CCCCCCCCCCCCCCCCCCCCCC)CS(=O)(=O)[O-]. The number of quaternary nitrogens is 1. The largest absolute Gasteiger partial charge is 0.744 e. The lowest BCUT2D eigenvalue weighted by molar-refractivity contribution is -0.760. The first kappa shape index (κ1) is 77.1. The summed E-state index contributed by atoms with van der Waals surface area (Å²) < 4.78 is 37.3. The average molecular weight is 1120 g/mol. The second-order valence-corrected chi connectivity index (χ2v) is 26.7. The normalized spacial score (nSPS) is 12.5. The number of rotatable bonds is 68. The molecule has 4 nitrogen and oxygen atoms in total. The van der Waals surface area contributed by atoms with Crippen LogP contribution in [-0.4, -0.2) is 23.3 Å². The first-order valence-corrected chi connectivity index (χ1v) is 37.8. The van der Waals surface area contributed by atoms with Crippen LogP contribution >= 0.6 is 0 Å². The Hall–Kier alpha value is -0.910. The molecule has 0 aliphatic rings. The third kappa shape index (κ3) is 64.3. The highest BCUT2D eigenvalue weighted by molar-refractivity contribution is 7.85. The van der Waals surface area contributed by atoms with E-state index >= 15 is 0 Å². The van der Waals surface area contributed by atoms with Crippen LogP contribution in [0.15, 0.2) is 36.8 Å². The van der Waals surface area contributed by atoms with Crippen LogP contribution in [0.5, 0.6) is 0 Å². The summed E-state index contributed by atoms with van der Waals surface area (Å²) in [6.45, 7) is 6.90. The molecule has 0 N–H and O–H groups in total. The second kappa shape index (κ2) is 65.2. The molecule has 0 heterocycles. The topological polar surface area (TPSA) is 57.2 Å². The lowest BCUT2D eigenvalue weighted by Crippen LogP contribution is -2.36. The van der Waals surface area contributed by atoms with Crippen LogP contribution in [0.1, 0.15) is 425 Å². The van der Waals surface area contributed by atoms with Gasteiger partial charge in [0.2, 0.25) is 0 Å². The summed E-state index contributed by atoms with van der Waals surface area (Å²) in [4.78, 5) is 0. The van der Waals surface area contributed by atoms with Crippen LogP contribution in [0.25, 0.3) is 0 Å². The minimum Gasteiger partial charge on any atom is -0.744 e. The molecule has 0 amide bonds. The molecule has 0 saturated heterocycles. The summed E-state index contributed by atoms with van der Waals surface area (Å²) in [5, 5.41) is 0. The van der Waals surface area contributed by atoms with E-state index in [4.69, 9.17) is 0 Å². The van der Waals surface area contributed by atoms with E-state index in [1.54, 1.807) is 0 Å². The fourth-order valence-corrected chi connectivity index (χ4v) is 12.7. The van der Waals surface area contributed by atoms with Gasteiger partial charge >= 0.3 is 0 Å². The number of allylic oxidation sites excluding steroid dienone is 3. The minimum absolute atomic E-state index is 0.0105. The molecule has 0 bridgehead atoms. The second-order valence-electron chi connectivity index (χ2n) is 25.4. The van der Waals surface area contributed by atoms with Crippen molar-refractivity contribution in [2.24, 2.45) is 0 Å². The van der Waals surface area contributed by atoms with Gasteiger partial charge in [0.1, 0.15) is 28.7 Å². The third-order valence-corrected chi connectivity index (χ3v) is 18.0. The molecule has 5 heteroatoms. The van der Waals surface area contributed by atoms with Gasteiger partial charge in [-0.05, 0) is 56.8 Å². The van der Waals surface area contributed by atoms with E-state index < -0.39 is 16.0 Å². The summed E-state index contributed by atoms with van der Waals surface area (Å²) in [7, 11) is -4.45. The van der Waals surface area contributed by atoms with Crippen molar-refractivity contribution >= 4 is 10.1 Å². The summed E-state index contributed by atoms with van der Waals surface area (Å²) in [6, 6.07) is 0. The molecular formula is C73H143NO3S. The van der Waals surface area contributed by atoms with E-state index in [-0.39, 0.29) is 4.48 Å². The fraction of sp³-hybridized carbons (Fsp3) is 0.918. The van der Waals surface area contributed by atoms with E-state index in [1.807, 2.05) is 18.6 Å². The molecule has 0 unspecified atom stereocenters. The Kier molecular flexibility index (Phi) is 64.5. The van der Waals surface area contributed by atoms with Crippen molar-refractivity contribution < 1.29 is 17.5 Å². The first-order chi connectivity index (χ1) is 38.4. The van der Waals surface area contributed by atoms with Gasteiger partial charge in [-0.1, -0.05) is 387 Å². The van der Waals surface area contributed by atoms with Gasteiger partial charge in [-0.2, -0.15) is 0 Å². The molecule has 0 aromatic carbocycles. The lowest BCUT2D eigenvalue weighted by atomic mass is 10.0. The number of unbranched alkanes of at least 4 members (excludes halogenated alkanes) is 60. The van der Waals surface area contributed by atoms with Crippen molar-refractivity contribution in [2.45, 2.75) is 425 Å². The molecule has 464 valence electrons. The summed E-state index contributed by atoms with van der Waals surface area (Å²) in [5.74, 6) is -0.450. The van der Waals surface area contributed by atoms with Crippen LogP contribution < -0.4 is 0 Å². The highest BCUT2D eigenvalue weighted by atomic mass is 32.2. The van der Waals surface area contributed by atoms with E-state index in [0.29, 0.717) is 0 Å². The highest BCUT2D eigenvalue weighted by Crippen LogP contribution is 2.22. The number of hydrogen-bond donors (Lipinski definition) is 0. The maximum atomic E-state index is 12.4. The zero-order chi connectivity index (χ0) is 56.5. The summed E-state index contributed by atoms with van der Waals surface area (Å²) in [6.07, 6.45) is 98.1. The van der Waals surface area contributed by atoms with Crippen LogP contribution in [-0.2, 0) is 10.1 Å². The van der Waals surface area contributed by atoms with E-state index in [9.17, 15) is 13.0 Å². The standard InChI is InChI=1S/C73H143NO3S/c1-4-7-10-13-16-19-22-25-28-31-34-37-40-43-46-49-52-55-58-61-64-67-70-74(73-78(75,76)77,71-68-65-62-59-56-53-50-47-44-41-38-35-32-29-26-23-20-17-14-11-8-5-2)72-69-66-63-60-57-54-51-48-45-42-39-36-33-30-27-24-21-18-15-12-9-6-3/h67-72H,4-66,73H2,1-3H3/b70-67+,71-68+,72-69+. The van der Waals surface area contributed by atoms with Crippen molar-refractivity contribution in [3.63, 3.8) is 0 Å². The zero-order valence-corrected chi connectivity index (χ0v) is 54.6. The van der Waals surface area contributed by atoms with Gasteiger partial charge in [-0.3, -0.25) is 0 Å². The van der Waals surface area contributed by atoms with Crippen LogP contribution in [0.2, 0.25) is 0 Å². The van der Waals surface area contributed by atoms with Crippen molar-refractivity contribution in [1.29, 1.82) is 0 Å². The molecule has 0 rings (SSSR count). The zero-order valence-electron chi connectivity index (χ0n) is 53.8. The number of hydrogen-bond acceptors (Lipinski definition) is 3. The molecule has 0 aromatic heterocycles. The maximum absolute atomic E-state index is 12.4. The predicted octanol–water partition coefficient (Wildman–Crippen LogP) is 26.5. The van der Waals surface area contributed by atoms with Gasteiger partial charge in [-0.25, -0.2) is 12.9 Å². The fourth-order valence-electron chi connectivity index (χ4n) is 11.9. The van der Waals surface area contributed by atoms with Gasteiger partial charge in [-0.15, -0.1) is 0 Å². The van der Waals surface area contributed by atoms with Crippen LogP contribution in [0.3, 0.4) is 0 Å². The molecule has 0 spiro atoms. The van der Waals surface area contributed by atoms with E-state index in [1.165, 1.54) is 366 Å². The molecule has 0 aliphatic carbocycles. The monoisotopic (exact) mass is 1110 g/mol. The Bertz CT molecular complexity index is 1190. The molecule has 0 aliphatic heterocycles. The van der Waals surface area contributed by atoms with Crippen LogP contribution in [0, 0.1) is 0 Å². The van der Waals surface area contributed by atoms with Crippen molar-refractivity contribution in [3.8, 4) is 0 Å². The van der Waals surface area contributed by atoms with Gasteiger partial charge < -0.3 is 4.55 Å². The Labute approximate surface area is 493 Å². The quantitative estimate of drug-likeness (QED) is 0.0346. The molecule has 0 aromatic rings. The number of nitrogens with zero attached hydrogens (tertiary/aromatic N) is 1. The van der Waals surface area contributed by atoms with Crippen molar-refractivity contribution in [3.05, 3.63) is 36.8 Å². The predicted molar refractivity (Wildman–Crippen MR) is 350 cm³/mol.